The highest BCUT2D eigenvalue weighted by Crippen LogP contribution is 2.34. The van der Waals surface area contributed by atoms with Crippen LogP contribution < -0.4 is 5.32 Å². The standard InChI is InChI=1S/C27H23N3O3S/c1-2-21-16-19(17-33-21)27(32)30-14-12-29(13-15-30)25(26(31)28-20-8-4-3-5-9-20)23-18-34-24-11-7-6-10-22(23)24/h1,3-11,16-18,25H,12-15H2,(H,28,31). The van der Waals surface area contributed by atoms with E-state index in [2.05, 4.69) is 33.6 Å². The molecule has 4 aromatic rings. The molecule has 0 aliphatic carbocycles. The molecule has 0 spiro atoms. The lowest BCUT2D eigenvalue weighted by Gasteiger charge is -2.38. The van der Waals surface area contributed by atoms with Gasteiger partial charge in [0, 0.05) is 42.6 Å². The molecule has 2 aromatic heterocycles. The van der Waals surface area contributed by atoms with E-state index in [0.717, 1.165) is 21.3 Å². The molecule has 34 heavy (non-hydrogen) atoms. The predicted molar refractivity (Wildman–Crippen MR) is 134 cm³/mol. The van der Waals surface area contributed by atoms with Crippen molar-refractivity contribution in [3.05, 3.63) is 89.2 Å². The molecule has 1 atom stereocenters. The van der Waals surface area contributed by atoms with Gasteiger partial charge >= 0.3 is 0 Å². The maximum Gasteiger partial charge on any atom is 0.257 e. The average Bonchev–Trinajstić information content (AvgIpc) is 3.53. The first-order valence-electron chi connectivity index (χ1n) is 11.0. The van der Waals surface area contributed by atoms with Crippen LogP contribution in [0.5, 0.6) is 0 Å². The Labute approximate surface area is 201 Å². The molecule has 1 N–H and O–H groups in total. The maximum atomic E-state index is 13.6. The molecule has 170 valence electrons. The summed E-state index contributed by atoms with van der Waals surface area (Å²) in [5, 5.41) is 6.23. The van der Waals surface area contributed by atoms with E-state index in [0.29, 0.717) is 37.5 Å². The van der Waals surface area contributed by atoms with Crippen LogP contribution in [0, 0.1) is 12.3 Å². The van der Waals surface area contributed by atoms with Crippen molar-refractivity contribution in [2.45, 2.75) is 6.04 Å². The van der Waals surface area contributed by atoms with E-state index in [4.69, 9.17) is 10.8 Å². The minimum absolute atomic E-state index is 0.0805. The molecule has 1 fully saturated rings. The highest BCUT2D eigenvalue weighted by Gasteiger charge is 2.33. The van der Waals surface area contributed by atoms with Crippen LogP contribution in [0.25, 0.3) is 10.1 Å². The first-order chi connectivity index (χ1) is 16.6. The molecule has 6 nitrogen and oxygen atoms in total. The number of fused-ring (bicyclic) bond motifs is 1. The fraction of sp³-hybridized carbons (Fsp3) is 0.185. The molecule has 0 bridgehead atoms. The van der Waals surface area contributed by atoms with Gasteiger partial charge < -0.3 is 14.6 Å². The largest absolute Gasteiger partial charge is 0.455 e. The molecular weight excluding hydrogens is 446 g/mol. The van der Waals surface area contributed by atoms with Crippen LogP contribution in [0.4, 0.5) is 5.69 Å². The molecule has 0 saturated carbocycles. The summed E-state index contributed by atoms with van der Waals surface area (Å²) in [6.07, 6.45) is 6.75. The van der Waals surface area contributed by atoms with Crippen LogP contribution in [0.15, 0.2) is 76.7 Å². The zero-order valence-corrected chi connectivity index (χ0v) is 19.3. The summed E-state index contributed by atoms with van der Waals surface area (Å²) in [6, 6.07) is 18.7. The van der Waals surface area contributed by atoms with Gasteiger partial charge in [-0.25, -0.2) is 0 Å². The zero-order valence-electron chi connectivity index (χ0n) is 18.4. The van der Waals surface area contributed by atoms with Crippen molar-refractivity contribution < 1.29 is 14.0 Å². The second-order valence-electron chi connectivity index (χ2n) is 8.12. The maximum absolute atomic E-state index is 13.6. The Morgan fingerprint density at radius 2 is 1.76 bits per heavy atom. The summed E-state index contributed by atoms with van der Waals surface area (Å²) in [5.74, 6) is 2.54. The molecule has 1 saturated heterocycles. The third kappa shape index (κ3) is 4.34. The highest BCUT2D eigenvalue weighted by molar-refractivity contribution is 7.17. The normalized spacial score (nSPS) is 15.1. The number of furan rings is 1. The van der Waals surface area contributed by atoms with Gasteiger partial charge in [0.15, 0.2) is 5.76 Å². The van der Waals surface area contributed by atoms with Gasteiger partial charge in [0.1, 0.15) is 12.3 Å². The van der Waals surface area contributed by atoms with E-state index in [1.54, 1.807) is 22.3 Å². The first kappa shape index (κ1) is 22.0. The SMILES string of the molecule is C#Cc1cc(C(=O)N2CCN(C(C(=O)Nc3ccccc3)c3csc4ccccc34)CC2)co1. The molecule has 1 aliphatic rings. The Morgan fingerprint density at radius 1 is 1.03 bits per heavy atom. The van der Waals surface area contributed by atoms with Gasteiger partial charge in [0.05, 0.1) is 5.56 Å². The summed E-state index contributed by atoms with van der Waals surface area (Å²) in [5.41, 5.74) is 2.20. The minimum Gasteiger partial charge on any atom is -0.455 e. The number of hydrogen-bond acceptors (Lipinski definition) is 5. The Bertz CT molecular complexity index is 1360. The lowest BCUT2D eigenvalue weighted by atomic mass is 10.0. The number of nitrogens with one attached hydrogen (secondary N) is 1. The number of anilines is 1. The van der Waals surface area contributed by atoms with Crippen LogP contribution in [0.3, 0.4) is 0 Å². The molecule has 2 amide bonds. The number of amides is 2. The zero-order chi connectivity index (χ0) is 23.5. The second-order valence-corrected chi connectivity index (χ2v) is 9.03. The summed E-state index contributed by atoms with van der Waals surface area (Å²) < 4.78 is 6.36. The van der Waals surface area contributed by atoms with Crippen molar-refractivity contribution in [3.8, 4) is 12.3 Å². The molecule has 0 radical (unpaired) electrons. The number of benzene rings is 2. The topological polar surface area (TPSA) is 65.8 Å². The van der Waals surface area contributed by atoms with E-state index < -0.39 is 6.04 Å². The van der Waals surface area contributed by atoms with E-state index in [1.807, 2.05) is 42.5 Å². The van der Waals surface area contributed by atoms with Gasteiger partial charge in [-0.3, -0.25) is 14.5 Å². The van der Waals surface area contributed by atoms with Gasteiger partial charge in [-0.15, -0.1) is 17.8 Å². The third-order valence-electron chi connectivity index (χ3n) is 6.05. The van der Waals surface area contributed by atoms with Crippen molar-refractivity contribution in [1.29, 1.82) is 0 Å². The van der Waals surface area contributed by atoms with Crippen molar-refractivity contribution in [1.82, 2.24) is 9.80 Å². The monoisotopic (exact) mass is 469 g/mol. The van der Waals surface area contributed by atoms with Crippen molar-refractivity contribution in [3.63, 3.8) is 0 Å². The fourth-order valence-electron chi connectivity index (χ4n) is 4.34. The van der Waals surface area contributed by atoms with Crippen LogP contribution >= 0.6 is 11.3 Å². The highest BCUT2D eigenvalue weighted by atomic mass is 32.1. The quantitative estimate of drug-likeness (QED) is 0.434. The lowest BCUT2D eigenvalue weighted by molar-refractivity contribution is -0.122. The molecule has 1 aliphatic heterocycles. The van der Waals surface area contributed by atoms with E-state index in [-0.39, 0.29) is 11.8 Å². The number of rotatable bonds is 5. The number of carbonyl (C=O) groups is 2. The second kappa shape index (κ2) is 9.56. The first-order valence-corrected chi connectivity index (χ1v) is 11.9. The average molecular weight is 470 g/mol. The summed E-state index contributed by atoms with van der Waals surface area (Å²) in [7, 11) is 0. The Balaban J connectivity index is 1.38. The smallest absolute Gasteiger partial charge is 0.257 e. The number of terminal acetylenes is 1. The number of para-hydroxylation sites is 1. The number of hydrogen-bond donors (Lipinski definition) is 1. The number of carbonyl (C=O) groups excluding carboxylic acids is 2. The molecular formula is C27H23N3O3S. The van der Waals surface area contributed by atoms with Crippen LogP contribution in [0.2, 0.25) is 0 Å². The van der Waals surface area contributed by atoms with Gasteiger partial charge in [-0.2, -0.15) is 0 Å². The molecule has 2 aromatic carbocycles. The number of piperazine rings is 1. The van der Waals surface area contributed by atoms with Crippen LogP contribution in [0.1, 0.15) is 27.7 Å². The Hall–Kier alpha value is -3.86. The molecule has 7 heteroatoms. The predicted octanol–water partition coefficient (Wildman–Crippen LogP) is 4.61. The van der Waals surface area contributed by atoms with E-state index in [1.165, 1.54) is 6.26 Å². The fourth-order valence-corrected chi connectivity index (χ4v) is 5.32. The summed E-state index contributed by atoms with van der Waals surface area (Å²) >= 11 is 1.64. The number of thiophene rings is 1. The summed E-state index contributed by atoms with van der Waals surface area (Å²) in [6.45, 7) is 2.16. The van der Waals surface area contributed by atoms with Crippen LogP contribution in [-0.4, -0.2) is 47.8 Å². The van der Waals surface area contributed by atoms with Crippen LogP contribution in [-0.2, 0) is 4.79 Å². The summed E-state index contributed by atoms with van der Waals surface area (Å²) in [4.78, 5) is 30.4. The van der Waals surface area contributed by atoms with Crippen molar-refractivity contribution >= 4 is 38.9 Å². The van der Waals surface area contributed by atoms with Gasteiger partial charge in [-0.1, -0.05) is 36.4 Å². The Morgan fingerprint density at radius 3 is 2.50 bits per heavy atom. The minimum atomic E-state index is -0.462. The Kier molecular flexibility index (Phi) is 6.17. The molecule has 1 unspecified atom stereocenters. The van der Waals surface area contributed by atoms with Crippen molar-refractivity contribution in [2.75, 3.05) is 31.5 Å². The van der Waals surface area contributed by atoms with E-state index in [9.17, 15) is 9.59 Å². The number of nitrogens with zero attached hydrogens (tertiary/aromatic N) is 2. The van der Waals surface area contributed by atoms with Gasteiger partial charge in [0.25, 0.3) is 5.91 Å². The lowest BCUT2D eigenvalue weighted by Crippen LogP contribution is -2.51. The van der Waals surface area contributed by atoms with E-state index >= 15 is 0 Å². The van der Waals surface area contributed by atoms with Gasteiger partial charge in [0.2, 0.25) is 5.91 Å². The molecule has 3 heterocycles. The van der Waals surface area contributed by atoms with Crippen molar-refractivity contribution in [2.24, 2.45) is 0 Å². The molecule has 5 rings (SSSR count). The third-order valence-corrected chi connectivity index (χ3v) is 7.03. The van der Waals surface area contributed by atoms with Gasteiger partial charge in [-0.05, 0) is 40.4 Å².